The molecule has 1 saturated heterocycles. The molecule has 0 aromatic heterocycles. The topological polar surface area (TPSA) is 64.4 Å². The van der Waals surface area contributed by atoms with Gasteiger partial charge in [0.1, 0.15) is 0 Å². The smallest absolute Gasteiger partial charge is 0.251 e. The summed E-state index contributed by atoms with van der Waals surface area (Å²) in [4.78, 5) is 12.1. The number of nitrogens with two attached hydrogens (primary N) is 1. The van der Waals surface area contributed by atoms with Crippen LogP contribution < -0.4 is 11.1 Å². The fraction of sp³-hybridized carbons (Fsp3) is 0.500. The van der Waals surface area contributed by atoms with E-state index in [1.165, 1.54) is 0 Å². The monoisotopic (exact) mass is 284 g/mol. The number of rotatable bonds is 3. The van der Waals surface area contributed by atoms with Crippen LogP contribution in [0.2, 0.25) is 0 Å². The summed E-state index contributed by atoms with van der Waals surface area (Å²) in [5, 5.41) is 2.99. The summed E-state index contributed by atoms with van der Waals surface area (Å²) in [6, 6.07) is 5.41. The molecule has 19 heavy (non-hydrogen) atoms. The summed E-state index contributed by atoms with van der Waals surface area (Å²) in [7, 11) is 0. The van der Waals surface area contributed by atoms with E-state index >= 15 is 0 Å². The normalized spacial score (nSPS) is 15.6. The van der Waals surface area contributed by atoms with Crippen molar-refractivity contribution in [3.05, 3.63) is 29.3 Å². The lowest BCUT2D eigenvalue weighted by molar-refractivity contribution is 0.0642. The molecule has 1 aromatic carbocycles. The van der Waals surface area contributed by atoms with Gasteiger partial charge in [0.25, 0.3) is 5.91 Å². The Morgan fingerprint density at radius 1 is 1.42 bits per heavy atom. The molecule has 4 nitrogen and oxygen atoms in total. The van der Waals surface area contributed by atoms with Crippen LogP contribution >= 0.6 is 12.4 Å². The van der Waals surface area contributed by atoms with Crippen molar-refractivity contribution >= 4 is 24.0 Å². The first kappa shape index (κ1) is 15.8. The van der Waals surface area contributed by atoms with Crippen molar-refractivity contribution in [2.75, 3.05) is 25.5 Å². The third-order valence-corrected chi connectivity index (χ3v) is 3.40. The lowest BCUT2D eigenvalue weighted by Gasteiger charge is -2.22. The maximum absolute atomic E-state index is 12.1. The van der Waals surface area contributed by atoms with Crippen molar-refractivity contribution in [2.45, 2.75) is 19.8 Å². The second kappa shape index (κ2) is 7.36. The van der Waals surface area contributed by atoms with Crippen LogP contribution in [0.5, 0.6) is 0 Å². The van der Waals surface area contributed by atoms with Crippen LogP contribution in [-0.4, -0.2) is 25.7 Å². The first-order valence-corrected chi connectivity index (χ1v) is 6.39. The number of hydrogen-bond donors (Lipinski definition) is 2. The van der Waals surface area contributed by atoms with Crippen LogP contribution in [0, 0.1) is 12.8 Å². The summed E-state index contributed by atoms with van der Waals surface area (Å²) >= 11 is 0. The average Bonchev–Trinajstić information content (AvgIpc) is 2.40. The number of carbonyl (C=O) groups is 1. The third-order valence-electron chi connectivity index (χ3n) is 3.40. The highest BCUT2D eigenvalue weighted by Crippen LogP contribution is 2.15. The highest BCUT2D eigenvalue weighted by atomic mass is 35.5. The molecule has 0 radical (unpaired) electrons. The van der Waals surface area contributed by atoms with Crippen molar-refractivity contribution < 1.29 is 9.53 Å². The molecule has 1 amide bonds. The molecule has 1 fully saturated rings. The quantitative estimate of drug-likeness (QED) is 0.836. The summed E-state index contributed by atoms with van der Waals surface area (Å²) in [6.45, 7) is 4.24. The summed E-state index contributed by atoms with van der Waals surface area (Å²) in [5.41, 5.74) is 7.95. The molecule has 1 aromatic rings. The zero-order valence-electron chi connectivity index (χ0n) is 11.1. The predicted octanol–water partition coefficient (Wildman–Crippen LogP) is 2.16. The van der Waals surface area contributed by atoms with E-state index in [9.17, 15) is 4.79 Å². The van der Waals surface area contributed by atoms with Crippen molar-refractivity contribution in [3.63, 3.8) is 0 Å². The lowest BCUT2D eigenvalue weighted by Crippen LogP contribution is -2.32. The molecule has 106 valence electrons. The zero-order chi connectivity index (χ0) is 13.0. The molecule has 0 atom stereocenters. The van der Waals surface area contributed by atoms with Gasteiger partial charge in [-0.25, -0.2) is 0 Å². The zero-order valence-corrected chi connectivity index (χ0v) is 12.0. The Hall–Kier alpha value is -1.26. The second-order valence-electron chi connectivity index (χ2n) is 4.84. The molecule has 2 rings (SSSR count). The van der Waals surface area contributed by atoms with Gasteiger partial charge in [0.2, 0.25) is 0 Å². The van der Waals surface area contributed by atoms with Crippen LogP contribution in [0.15, 0.2) is 18.2 Å². The molecule has 1 aliphatic heterocycles. The fourth-order valence-corrected chi connectivity index (χ4v) is 2.17. The number of ether oxygens (including phenoxy) is 1. The largest absolute Gasteiger partial charge is 0.399 e. The van der Waals surface area contributed by atoms with Crippen molar-refractivity contribution in [1.29, 1.82) is 0 Å². The Balaban J connectivity index is 0.00000180. The van der Waals surface area contributed by atoms with Crippen molar-refractivity contribution in [2.24, 2.45) is 5.92 Å². The average molecular weight is 285 g/mol. The third kappa shape index (κ3) is 4.40. The Morgan fingerprint density at radius 2 is 2.11 bits per heavy atom. The van der Waals surface area contributed by atoms with Crippen LogP contribution in [0.1, 0.15) is 28.8 Å². The number of amides is 1. The van der Waals surface area contributed by atoms with E-state index < -0.39 is 0 Å². The highest BCUT2D eigenvalue weighted by Gasteiger charge is 2.16. The van der Waals surface area contributed by atoms with Gasteiger partial charge in [0.05, 0.1) is 0 Å². The molecule has 5 heteroatoms. The Labute approximate surface area is 120 Å². The minimum atomic E-state index is -0.0358. The molecule has 0 bridgehead atoms. The number of aryl methyl sites for hydroxylation is 1. The van der Waals surface area contributed by atoms with Crippen molar-refractivity contribution in [3.8, 4) is 0 Å². The minimum Gasteiger partial charge on any atom is -0.399 e. The molecule has 0 unspecified atom stereocenters. The van der Waals surface area contributed by atoms with Gasteiger partial charge in [-0.1, -0.05) is 6.07 Å². The predicted molar refractivity (Wildman–Crippen MR) is 78.7 cm³/mol. The Morgan fingerprint density at radius 3 is 2.79 bits per heavy atom. The van der Waals surface area contributed by atoms with Gasteiger partial charge in [-0.2, -0.15) is 0 Å². The highest BCUT2D eigenvalue weighted by molar-refractivity contribution is 5.96. The molecule has 0 aliphatic carbocycles. The van der Waals surface area contributed by atoms with E-state index in [0.29, 0.717) is 17.2 Å². The van der Waals surface area contributed by atoms with E-state index in [2.05, 4.69) is 5.32 Å². The number of benzene rings is 1. The molecule has 3 N–H and O–H groups in total. The fourth-order valence-electron chi connectivity index (χ4n) is 2.17. The number of hydrogen-bond acceptors (Lipinski definition) is 3. The lowest BCUT2D eigenvalue weighted by atomic mass is 10.00. The van der Waals surface area contributed by atoms with Crippen LogP contribution in [0.3, 0.4) is 0 Å². The maximum Gasteiger partial charge on any atom is 0.251 e. The first-order chi connectivity index (χ1) is 8.66. The van der Waals surface area contributed by atoms with E-state index in [1.54, 1.807) is 6.07 Å². The molecule has 0 saturated carbocycles. The first-order valence-electron chi connectivity index (χ1n) is 6.39. The van der Waals surface area contributed by atoms with E-state index in [4.69, 9.17) is 10.5 Å². The Kier molecular flexibility index (Phi) is 6.12. The van der Waals surface area contributed by atoms with Gasteiger partial charge in [-0.15, -0.1) is 12.4 Å². The van der Waals surface area contributed by atoms with Crippen LogP contribution in [-0.2, 0) is 4.74 Å². The van der Waals surface area contributed by atoms with Gasteiger partial charge in [0.15, 0.2) is 0 Å². The van der Waals surface area contributed by atoms with Crippen LogP contribution in [0.4, 0.5) is 5.69 Å². The summed E-state index contributed by atoms with van der Waals surface area (Å²) in [5.74, 6) is 0.496. The van der Waals surface area contributed by atoms with Crippen molar-refractivity contribution in [1.82, 2.24) is 5.32 Å². The molecule has 1 aliphatic rings. The van der Waals surface area contributed by atoms with Gasteiger partial charge in [-0.05, 0) is 43.4 Å². The molecule has 0 spiro atoms. The molecular weight excluding hydrogens is 264 g/mol. The van der Waals surface area contributed by atoms with E-state index in [-0.39, 0.29) is 18.3 Å². The minimum absolute atomic E-state index is 0. The number of carbonyl (C=O) groups excluding carboxylic acids is 1. The summed E-state index contributed by atoms with van der Waals surface area (Å²) < 4.78 is 5.30. The standard InChI is InChI=1S/C14H20N2O2.ClH/c1-10-2-3-12(15)8-13(10)14(17)16-9-11-4-6-18-7-5-11;/h2-3,8,11H,4-7,9,15H2,1H3,(H,16,17);1H. The Bertz CT molecular complexity index is 431. The number of nitrogens with one attached hydrogen (secondary N) is 1. The van der Waals surface area contributed by atoms with Crippen LogP contribution in [0.25, 0.3) is 0 Å². The number of nitrogen functional groups attached to an aromatic ring is 1. The van der Waals surface area contributed by atoms with E-state index in [0.717, 1.165) is 38.2 Å². The molecular formula is C14H21ClN2O2. The van der Waals surface area contributed by atoms with E-state index in [1.807, 2.05) is 19.1 Å². The SMILES string of the molecule is Cc1ccc(N)cc1C(=O)NCC1CCOCC1.Cl. The van der Waals surface area contributed by atoms with Gasteiger partial charge >= 0.3 is 0 Å². The van der Waals surface area contributed by atoms with Gasteiger partial charge < -0.3 is 15.8 Å². The maximum atomic E-state index is 12.1. The molecule has 1 heterocycles. The number of halogens is 1. The van der Waals surface area contributed by atoms with Gasteiger partial charge in [0, 0.05) is 31.0 Å². The summed E-state index contributed by atoms with van der Waals surface area (Å²) in [6.07, 6.45) is 2.05. The second-order valence-corrected chi connectivity index (χ2v) is 4.84. The number of anilines is 1. The van der Waals surface area contributed by atoms with Gasteiger partial charge in [-0.3, -0.25) is 4.79 Å².